The molecule has 0 bridgehead atoms. The molecule has 0 spiro atoms. The molecule has 1 heterocycles. The standard InChI is InChI=1S/C11H22N2O2S/c1-11(4-8-15-9-5-11)13-10(16)12-6-3-7-14-2/h3-9H2,1-2H3,(H2,12,13,16). The van der Waals surface area contributed by atoms with Gasteiger partial charge in [0.05, 0.1) is 0 Å². The number of hydrogen-bond acceptors (Lipinski definition) is 3. The minimum absolute atomic E-state index is 0.0869. The second kappa shape index (κ2) is 7.04. The molecule has 1 rings (SSSR count). The third kappa shape index (κ3) is 5.09. The molecule has 1 saturated heterocycles. The van der Waals surface area contributed by atoms with Gasteiger partial charge in [-0.1, -0.05) is 0 Å². The molecule has 0 saturated carbocycles. The van der Waals surface area contributed by atoms with Crippen molar-refractivity contribution in [1.29, 1.82) is 0 Å². The quantitative estimate of drug-likeness (QED) is 0.561. The summed E-state index contributed by atoms with van der Waals surface area (Å²) in [6, 6.07) is 0. The minimum atomic E-state index is 0.0869. The van der Waals surface area contributed by atoms with Crippen LogP contribution in [-0.2, 0) is 9.47 Å². The van der Waals surface area contributed by atoms with Crippen LogP contribution in [0.15, 0.2) is 0 Å². The van der Waals surface area contributed by atoms with Crippen molar-refractivity contribution in [2.45, 2.75) is 31.7 Å². The van der Waals surface area contributed by atoms with Crippen LogP contribution in [0.4, 0.5) is 0 Å². The zero-order chi connectivity index (χ0) is 11.9. The zero-order valence-electron chi connectivity index (χ0n) is 10.2. The van der Waals surface area contributed by atoms with Gasteiger partial charge in [-0.2, -0.15) is 0 Å². The lowest BCUT2D eigenvalue weighted by molar-refractivity contribution is 0.0524. The number of nitrogens with one attached hydrogen (secondary N) is 2. The van der Waals surface area contributed by atoms with Crippen LogP contribution in [0.25, 0.3) is 0 Å². The Morgan fingerprint density at radius 1 is 1.44 bits per heavy atom. The summed E-state index contributed by atoms with van der Waals surface area (Å²) in [4.78, 5) is 0. The lowest BCUT2D eigenvalue weighted by atomic mass is 9.93. The van der Waals surface area contributed by atoms with Crippen molar-refractivity contribution in [3.63, 3.8) is 0 Å². The molecule has 1 aliphatic heterocycles. The molecule has 0 amide bonds. The molecule has 1 fully saturated rings. The maximum absolute atomic E-state index is 5.34. The minimum Gasteiger partial charge on any atom is -0.385 e. The van der Waals surface area contributed by atoms with Crippen LogP contribution in [0, 0.1) is 0 Å². The van der Waals surface area contributed by atoms with E-state index in [4.69, 9.17) is 21.7 Å². The molecule has 94 valence electrons. The molecule has 2 N–H and O–H groups in total. The molecule has 0 radical (unpaired) electrons. The molecule has 1 aliphatic rings. The van der Waals surface area contributed by atoms with E-state index in [1.807, 2.05) is 0 Å². The fourth-order valence-electron chi connectivity index (χ4n) is 1.68. The summed E-state index contributed by atoms with van der Waals surface area (Å²) in [5.41, 5.74) is 0.0869. The van der Waals surface area contributed by atoms with Gasteiger partial charge in [-0.05, 0) is 38.4 Å². The average molecular weight is 246 g/mol. The molecule has 0 aliphatic carbocycles. The number of hydrogen-bond donors (Lipinski definition) is 2. The third-order valence-corrected chi connectivity index (χ3v) is 3.07. The van der Waals surface area contributed by atoms with Crippen LogP contribution in [0.5, 0.6) is 0 Å². The number of ether oxygens (including phenoxy) is 2. The smallest absolute Gasteiger partial charge is 0.166 e. The second-order valence-corrected chi connectivity index (χ2v) is 4.81. The number of thiocarbonyl (C=S) groups is 1. The van der Waals surface area contributed by atoms with Crippen LogP contribution >= 0.6 is 12.2 Å². The Labute approximate surface area is 103 Å². The monoisotopic (exact) mass is 246 g/mol. The van der Waals surface area contributed by atoms with Crippen molar-refractivity contribution in [2.75, 3.05) is 33.5 Å². The maximum Gasteiger partial charge on any atom is 0.166 e. The highest BCUT2D eigenvalue weighted by molar-refractivity contribution is 7.80. The molecule has 0 atom stereocenters. The van der Waals surface area contributed by atoms with E-state index in [-0.39, 0.29) is 5.54 Å². The Morgan fingerprint density at radius 2 is 2.12 bits per heavy atom. The number of rotatable bonds is 5. The van der Waals surface area contributed by atoms with Gasteiger partial charge in [0.25, 0.3) is 0 Å². The van der Waals surface area contributed by atoms with E-state index in [0.717, 1.165) is 50.7 Å². The van der Waals surface area contributed by atoms with Crippen LogP contribution in [0.2, 0.25) is 0 Å². The zero-order valence-corrected chi connectivity index (χ0v) is 11.0. The van der Waals surface area contributed by atoms with Gasteiger partial charge in [-0.25, -0.2) is 0 Å². The second-order valence-electron chi connectivity index (χ2n) is 4.40. The predicted octanol–water partition coefficient (Wildman–Crippen LogP) is 1.06. The van der Waals surface area contributed by atoms with Crippen molar-refractivity contribution >= 4 is 17.3 Å². The first kappa shape index (κ1) is 13.7. The predicted molar refractivity (Wildman–Crippen MR) is 68.7 cm³/mol. The highest BCUT2D eigenvalue weighted by Crippen LogP contribution is 2.19. The fraction of sp³-hybridized carbons (Fsp3) is 0.909. The molecular weight excluding hydrogens is 224 g/mol. The Kier molecular flexibility index (Phi) is 6.01. The molecule has 4 nitrogen and oxygen atoms in total. The van der Waals surface area contributed by atoms with Gasteiger partial charge in [-0.15, -0.1) is 0 Å². The van der Waals surface area contributed by atoms with Crippen molar-refractivity contribution in [3.8, 4) is 0 Å². The van der Waals surface area contributed by atoms with Crippen LogP contribution in [0.3, 0.4) is 0 Å². The van der Waals surface area contributed by atoms with Gasteiger partial charge in [0.1, 0.15) is 0 Å². The van der Waals surface area contributed by atoms with E-state index < -0.39 is 0 Å². The van der Waals surface area contributed by atoms with E-state index in [1.165, 1.54) is 0 Å². The molecule has 0 aromatic rings. The van der Waals surface area contributed by atoms with Crippen molar-refractivity contribution in [1.82, 2.24) is 10.6 Å². The molecular formula is C11H22N2O2S. The van der Waals surface area contributed by atoms with E-state index >= 15 is 0 Å². The van der Waals surface area contributed by atoms with E-state index in [1.54, 1.807) is 7.11 Å². The molecule has 0 aromatic heterocycles. The van der Waals surface area contributed by atoms with Crippen LogP contribution in [0.1, 0.15) is 26.2 Å². The SMILES string of the molecule is COCCCNC(=S)NC1(C)CCOCC1. The van der Waals surface area contributed by atoms with E-state index in [2.05, 4.69) is 17.6 Å². The van der Waals surface area contributed by atoms with E-state index in [9.17, 15) is 0 Å². The number of methoxy groups -OCH3 is 1. The largest absolute Gasteiger partial charge is 0.385 e. The molecule has 5 heteroatoms. The Morgan fingerprint density at radius 3 is 2.75 bits per heavy atom. The lowest BCUT2D eigenvalue weighted by Gasteiger charge is -2.35. The van der Waals surface area contributed by atoms with Gasteiger partial charge >= 0.3 is 0 Å². The normalized spacial score (nSPS) is 19.1. The highest BCUT2D eigenvalue weighted by atomic mass is 32.1. The van der Waals surface area contributed by atoms with Crippen LogP contribution in [-0.4, -0.2) is 44.1 Å². The Bertz CT molecular complexity index is 218. The molecule has 0 unspecified atom stereocenters. The summed E-state index contributed by atoms with van der Waals surface area (Å²) in [6.07, 6.45) is 2.98. The van der Waals surface area contributed by atoms with Crippen molar-refractivity contribution < 1.29 is 9.47 Å². The van der Waals surface area contributed by atoms with Crippen LogP contribution < -0.4 is 10.6 Å². The van der Waals surface area contributed by atoms with Gasteiger partial charge in [0.2, 0.25) is 0 Å². The molecule has 0 aromatic carbocycles. The third-order valence-electron chi connectivity index (χ3n) is 2.82. The summed E-state index contributed by atoms with van der Waals surface area (Å²) < 4.78 is 10.3. The Hall–Kier alpha value is -0.390. The van der Waals surface area contributed by atoms with Crippen molar-refractivity contribution in [2.24, 2.45) is 0 Å². The topological polar surface area (TPSA) is 42.5 Å². The van der Waals surface area contributed by atoms with Gasteiger partial charge in [0.15, 0.2) is 5.11 Å². The van der Waals surface area contributed by atoms with Gasteiger partial charge in [0, 0.05) is 39.0 Å². The van der Waals surface area contributed by atoms with Crippen molar-refractivity contribution in [3.05, 3.63) is 0 Å². The lowest BCUT2D eigenvalue weighted by Crippen LogP contribution is -2.52. The summed E-state index contributed by atoms with van der Waals surface area (Å²) >= 11 is 5.25. The molecule has 16 heavy (non-hydrogen) atoms. The maximum atomic E-state index is 5.34. The summed E-state index contributed by atoms with van der Waals surface area (Å²) in [5, 5.41) is 7.30. The average Bonchev–Trinajstić information content (AvgIpc) is 2.25. The first-order valence-electron chi connectivity index (χ1n) is 5.79. The summed E-state index contributed by atoms with van der Waals surface area (Å²) in [5.74, 6) is 0. The summed E-state index contributed by atoms with van der Waals surface area (Å²) in [7, 11) is 1.71. The fourth-order valence-corrected chi connectivity index (χ4v) is 2.03. The van der Waals surface area contributed by atoms with Gasteiger partial charge < -0.3 is 20.1 Å². The first-order chi connectivity index (χ1) is 7.66. The highest BCUT2D eigenvalue weighted by Gasteiger charge is 2.27. The van der Waals surface area contributed by atoms with E-state index in [0.29, 0.717) is 0 Å². The van der Waals surface area contributed by atoms with Gasteiger partial charge in [-0.3, -0.25) is 0 Å². The summed E-state index contributed by atoms with van der Waals surface area (Å²) in [6.45, 7) is 5.44. The Balaban J connectivity index is 2.17. The first-order valence-corrected chi connectivity index (χ1v) is 6.20.